The summed E-state index contributed by atoms with van der Waals surface area (Å²) in [6, 6.07) is 5.90. The third-order valence-corrected chi connectivity index (χ3v) is 3.99. The van der Waals surface area contributed by atoms with Gasteiger partial charge in [-0.15, -0.1) is 0 Å². The predicted octanol–water partition coefficient (Wildman–Crippen LogP) is 4.12. The quantitative estimate of drug-likeness (QED) is 0.769. The first-order valence-electron chi connectivity index (χ1n) is 7.93. The SMILES string of the molecule is CCCN(CC1CC1)c1ccc(C(C)NCC)cc1F. The number of nitrogens with one attached hydrogen (secondary N) is 1. The highest BCUT2D eigenvalue weighted by Crippen LogP contribution is 2.32. The zero-order valence-corrected chi connectivity index (χ0v) is 13.0. The van der Waals surface area contributed by atoms with Gasteiger partial charge in [0.2, 0.25) is 0 Å². The van der Waals surface area contributed by atoms with Crippen molar-refractivity contribution in [3.05, 3.63) is 29.6 Å². The molecule has 1 aromatic carbocycles. The topological polar surface area (TPSA) is 15.3 Å². The molecule has 0 radical (unpaired) electrons. The number of nitrogens with zero attached hydrogens (tertiary/aromatic N) is 1. The van der Waals surface area contributed by atoms with Gasteiger partial charge in [0, 0.05) is 19.1 Å². The maximum atomic E-state index is 14.4. The number of halogens is 1. The van der Waals surface area contributed by atoms with Crippen LogP contribution >= 0.6 is 0 Å². The van der Waals surface area contributed by atoms with Gasteiger partial charge in [-0.25, -0.2) is 4.39 Å². The molecule has 1 aliphatic carbocycles. The van der Waals surface area contributed by atoms with Gasteiger partial charge in [-0.2, -0.15) is 0 Å². The molecule has 112 valence electrons. The summed E-state index contributed by atoms with van der Waals surface area (Å²) in [5.41, 5.74) is 1.79. The van der Waals surface area contributed by atoms with Crippen LogP contribution in [0.15, 0.2) is 18.2 Å². The van der Waals surface area contributed by atoms with E-state index in [0.29, 0.717) is 0 Å². The van der Waals surface area contributed by atoms with Crippen molar-refractivity contribution in [2.45, 2.75) is 46.1 Å². The lowest BCUT2D eigenvalue weighted by molar-refractivity contribution is 0.578. The van der Waals surface area contributed by atoms with E-state index in [9.17, 15) is 4.39 Å². The van der Waals surface area contributed by atoms with E-state index >= 15 is 0 Å². The Balaban J connectivity index is 2.13. The summed E-state index contributed by atoms with van der Waals surface area (Å²) in [6.45, 7) is 9.14. The lowest BCUT2D eigenvalue weighted by atomic mass is 10.1. The second-order valence-corrected chi connectivity index (χ2v) is 5.88. The molecule has 0 saturated heterocycles. The van der Waals surface area contributed by atoms with Crippen LogP contribution in [0.1, 0.15) is 51.6 Å². The van der Waals surface area contributed by atoms with E-state index in [4.69, 9.17) is 0 Å². The Kier molecular flexibility index (Phi) is 5.41. The van der Waals surface area contributed by atoms with Crippen LogP contribution in [0.2, 0.25) is 0 Å². The molecule has 1 atom stereocenters. The lowest BCUT2D eigenvalue weighted by Gasteiger charge is -2.25. The minimum Gasteiger partial charge on any atom is -0.369 e. The van der Waals surface area contributed by atoms with E-state index in [0.717, 1.165) is 43.2 Å². The van der Waals surface area contributed by atoms with Crippen molar-refractivity contribution in [2.24, 2.45) is 5.92 Å². The van der Waals surface area contributed by atoms with E-state index in [2.05, 4.69) is 37.1 Å². The van der Waals surface area contributed by atoms with Gasteiger partial charge in [0.1, 0.15) is 5.82 Å². The smallest absolute Gasteiger partial charge is 0.146 e. The largest absolute Gasteiger partial charge is 0.369 e. The van der Waals surface area contributed by atoms with E-state index in [1.54, 1.807) is 6.07 Å². The Labute approximate surface area is 122 Å². The van der Waals surface area contributed by atoms with Gasteiger partial charge in [0.05, 0.1) is 5.69 Å². The minimum absolute atomic E-state index is 0.0821. The number of rotatable bonds is 8. The van der Waals surface area contributed by atoms with Crippen molar-refractivity contribution < 1.29 is 4.39 Å². The highest BCUT2D eigenvalue weighted by Gasteiger charge is 2.25. The zero-order valence-electron chi connectivity index (χ0n) is 13.0. The van der Waals surface area contributed by atoms with Crippen LogP contribution in [-0.2, 0) is 0 Å². The van der Waals surface area contributed by atoms with Gasteiger partial charge in [0.25, 0.3) is 0 Å². The fourth-order valence-corrected chi connectivity index (χ4v) is 2.67. The van der Waals surface area contributed by atoms with Crippen molar-refractivity contribution in [1.29, 1.82) is 0 Å². The summed E-state index contributed by atoms with van der Waals surface area (Å²) in [5.74, 6) is 0.697. The molecule has 0 aliphatic heterocycles. The van der Waals surface area contributed by atoms with Gasteiger partial charge >= 0.3 is 0 Å². The number of benzene rings is 1. The van der Waals surface area contributed by atoms with Gasteiger partial charge in [-0.05, 0) is 56.3 Å². The van der Waals surface area contributed by atoms with E-state index in [1.165, 1.54) is 12.8 Å². The number of hydrogen-bond donors (Lipinski definition) is 1. The van der Waals surface area contributed by atoms with Gasteiger partial charge in [0.15, 0.2) is 0 Å². The maximum Gasteiger partial charge on any atom is 0.146 e. The summed E-state index contributed by atoms with van der Waals surface area (Å²) in [5, 5.41) is 3.32. The summed E-state index contributed by atoms with van der Waals surface area (Å²) in [6.07, 6.45) is 3.66. The maximum absolute atomic E-state index is 14.4. The van der Waals surface area contributed by atoms with Crippen molar-refractivity contribution >= 4 is 5.69 Å². The third-order valence-electron chi connectivity index (χ3n) is 3.99. The molecule has 1 unspecified atom stereocenters. The molecule has 0 heterocycles. The first kappa shape index (κ1) is 15.3. The monoisotopic (exact) mass is 278 g/mol. The normalized spacial score (nSPS) is 16.2. The Bertz CT molecular complexity index is 429. The summed E-state index contributed by atoms with van der Waals surface area (Å²) in [4.78, 5) is 2.22. The molecule has 1 aliphatic rings. The Morgan fingerprint density at radius 2 is 2.10 bits per heavy atom. The van der Waals surface area contributed by atoms with Crippen LogP contribution in [0.3, 0.4) is 0 Å². The van der Waals surface area contributed by atoms with Crippen molar-refractivity contribution in [2.75, 3.05) is 24.5 Å². The first-order valence-corrected chi connectivity index (χ1v) is 7.93. The zero-order chi connectivity index (χ0) is 14.5. The molecule has 1 saturated carbocycles. The number of anilines is 1. The van der Waals surface area contributed by atoms with Crippen molar-refractivity contribution in [3.63, 3.8) is 0 Å². The summed E-state index contributed by atoms with van der Waals surface area (Å²) in [7, 11) is 0. The molecule has 0 bridgehead atoms. The molecule has 1 aromatic rings. The summed E-state index contributed by atoms with van der Waals surface area (Å²) < 4.78 is 14.4. The molecular formula is C17H27FN2. The highest BCUT2D eigenvalue weighted by molar-refractivity contribution is 5.49. The number of hydrogen-bond acceptors (Lipinski definition) is 2. The van der Waals surface area contributed by atoms with E-state index < -0.39 is 0 Å². The van der Waals surface area contributed by atoms with Crippen molar-refractivity contribution in [1.82, 2.24) is 5.32 Å². The first-order chi connectivity index (χ1) is 9.65. The molecule has 2 nitrogen and oxygen atoms in total. The molecule has 20 heavy (non-hydrogen) atoms. The van der Waals surface area contributed by atoms with E-state index in [1.807, 2.05) is 6.07 Å². The molecule has 1 fully saturated rings. The van der Waals surface area contributed by atoms with Gasteiger partial charge in [-0.3, -0.25) is 0 Å². The minimum atomic E-state index is -0.0821. The van der Waals surface area contributed by atoms with Crippen LogP contribution in [0.5, 0.6) is 0 Å². The third kappa shape index (κ3) is 3.95. The average Bonchev–Trinajstić information content (AvgIpc) is 3.22. The van der Waals surface area contributed by atoms with Crippen LogP contribution in [0.4, 0.5) is 10.1 Å². The lowest BCUT2D eigenvalue weighted by Crippen LogP contribution is -2.27. The molecular weight excluding hydrogens is 251 g/mol. The Hall–Kier alpha value is -1.09. The van der Waals surface area contributed by atoms with E-state index in [-0.39, 0.29) is 11.9 Å². The fraction of sp³-hybridized carbons (Fsp3) is 0.647. The molecule has 0 spiro atoms. The highest BCUT2D eigenvalue weighted by atomic mass is 19.1. The Morgan fingerprint density at radius 1 is 1.35 bits per heavy atom. The van der Waals surface area contributed by atoms with Crippen LogP contribution in [-0.4, -0.2) is 19.6 Å². The predicted molar refractivity (Wildman–Crippen MR) is 83.7 cm³/mol. The van der Waals surface area contributed by atoms with Crippen LogP contribution < -0.4 is 10.2 Å². The molecule has 1 N–H and O–H groups in total. The van der Waals surface area contributed by atoms with Crippen LogP contribution in [0, 0.1) is 11.7 Å². The standard InChI is InChI=1S/C17H27FN2/c1-4-10-20(12-14-6-7-14)17-9-8-15(11-16(17)18)13(3)19-5-2/h8-9,11,13-14,19H,4-7,10,12H2,1-3H3. The molecule has 0 amide bonds. The molecule has 0 aromatic heterocycles. The second kappa shape index (κ2) is 7.07. The van der Waals surface area contributed by atoms with Gasteiger partial charge < -0.3 is 10.2 Å². The van der Waals surface area contributed by atoms with Gasteiger partial charge in [-0.1, -0.05) is 19.9 Å². The second-order valence-electron chi connectivity index (χ2n) is 5.88. The molecule has 3 heteroatoms. The summed E-state index contributed by atoms with van der Waals surface area (Å²) >= 11 is 0. The Morgan fingerprint density at radius 3 is 2.65 bits per heavy atom. The van der Waals surface area contributed by atoms with Crippen LogP contribution in [0.25, 0.3) is 0 Å². The average molecular weight is 278 g/mol. The van der Waals surface area contributed by atoms with Crippen molar-refractivity contribution in [3.8, 4) is 0 Å². The fourth-order valence-electron chi connectivity index (χ4n) is 2.67. The molecule has 2 rings (SSSR count).